The second-order valence-corrected chi connectivity index (χ2v) is 11.7. The molecule has 0 radical (unpaired) electrons. The zero-order valence-electron chi connectivity index (χ0n) is 20.8. The van der Waals surface area contributed by atoms with Gasteiger partial charge in [-0.3, -0.25) is 9.59 Å². The van der Waals surface area contributed by atoms with Crippen LogP contribution >= 0.6 is 0 Å². The van der Waals surface area contributed by atoms with E-state index in [1.54, 1.807) is 13.0 Å². The Hall–Kier alpha value is -2.24. The number of benzene rings is 1. The van der Waals surface area contributed by atoms with Gasteiger partial charge >= 0.3 is 5.97 Å². The number of hydrogen-bond donors (Lipinski definition) is 2. The average molecular weight is 465 g/mol. The maximum absolute atomic E-state index is 13.1. The number of esters is 1. The van der Waals surface area contributed by atoms with Crippen molar-refractivity contribution in [2.24, 2.45) is 29.1 Å². The lowest BCUT2D eigenvalue weighted by Gasteiger charge is -2.50. The Balaban J connectivity index is 1.54. The second kappa shape index (κ2) is 7.38. The van der Waals surface area contributed by atoms with Crippen molar-refractivity contribution in [3.8, 4) is 0 Å². The highest BCUT2D eigenvalue weighted by Crippen LogP contribution is 2.76. The minimum atomic E-state index is -1.62. The number of ketones is 1. The Labute approximate surface area is 201 Å². The molecule has 5 heteroatoms. The van der Waals surface area contributed by atoms with E-state index >= 15 is 0 Å². The molecule has 2 N–H and O–H groups in total. The van der Waals surface area contributed by atoms with Gasteiger partial charge in [-0.2, -0.15) is 0 Å². The summed E-state index contributed by atoms with van der Waals surface area (Å²) in [5.74, 6) is -1.90. The number of hydrogen-bond acceptors (Lipinski definition) is 5. The molecule has 0 spiro atoms. The van der Waals surface area contributed by atoms with Crippen molar-refractivity contribution in [1.82, 2.24) is 0 Å². The predicted molar refractivity (Wildman–Crippen MR) is 129 cm³/mol. The molecule has 4 aliphatic rings. The van der Waals surface area contributed by atoms with Crippen LogP contribution in [0.4, 0.5) is 0 Å². The normalized spacial score (nSPS) is 41.9. The molecule has 0 saturated heterocycles. The number of ether oxygens (including phenoxy) is 1. The molecule has 0 aromatic heterocycles. The highest BCUT2D eigenvalue weighted by Gasteiger charge is 2.83. The Kier molecular flexibility index (Phi) is 5.10. The van der Waals surface area contributed by atoms with Crippen molar-refractivity contribution in [1.29, 1.82) is 0 Å². The first-order valence-corrected chi connectivity index (χ1v) is 12.5. The van der Waals surface area contributed by atoms with Crippen molar-refractivity contribution in [3.63, 3.8) is 0 Å². The van der Waals surface area contributed by atoms with E-state index in [-0.39, 0.29) is 47.8 Å². The summed E-state index contributed by atoms with van der Waals surface area (Å²) in [6, 6.07) is 9.59. The third kappa shape index (κ3) is 2.92. The summed E-state index contributed by atoms with van der Waals surface area (Å²) >= 11 is 0. The summed E-state index contributed by atoms with van der Waals surface area (Å²) in [5.41, 5.74) is -1.51. The van der Waals surface area contributed by atoms with Crippen LogP contribution < -0.4 is 0 Å². The van der Waals surface area contributed by atoms with Crippen LogP contribution in [0.1, 0.15) is 59.4 Å². The van der Waals surface area contributed by atoms with Gasteiger partial charge < -0.3 is 14.9 Å². The van der Waals surface area contributed by atoms with Crippen LogP contribution in [0.5, 0.6) is 0 Å². The quantitative estimate of drug-likeness (QED) is 0.516. The molecule has 0 amide bonds. The molecular weight excluding hydrogens is 428 g/mol. The molecule has 0 unspecified atom stereocenters. The first-order chi connectivity index (χ1) is 15.9. The number of carbonyl (C=O) groups excluding carboxylic acids is 2. The lowest BCUT2D eigenvalue weighted by atomic mass is 9.60. The summed E-state index contributed by atoms with van der Waals surface area (Å²) in [5, 5.41) is 24.1. The third-order valence-electron chi connectivity index (χ3n) is 9.61. The fraction of sp³-hybridized carbons (Fsp3) is 0.586. The lowest BCUT2D eigenvalue weighted by molar-refractivity contribution is -0.186. The maximum atomic E-state index is 13.1. The standard InChI is InChI=1S/C29H36O5/c1-6-19-13-21-24-26(4,5)28(24,34-23(30)14-20-10-8-7-9-11-20)15-18(3)29(21,33)22-12-17(2)25(31)27(22,32)16-19/h7-13,18,21-22,24,32-33H,6,14-16H2,1-5H3/t18-,21+,22-,24-,27-,28+,29-/m1/s1. The zero-order chi connectivity index (χ0) is 24.7. The van der Waals surface area contributed by atoms with E-state index in [0.717, 1.165) is 11.1 Å². The van der Waals surface area contributed by atoms with Gasteiger partial charge in [-0.1, -0.05) is 75.8 Å². The van der Waals surface area contributed by atoms with Crippen LogP contribution in [0.2, 0.25) is 0 Å². The zero-order valence-corrected chi connectivity index (χ0v) is 20.8. The Morgan fingerprint density at radius 1 is 1.15 bits per heavy atom. The van der Waals surface area contributed by atoms with Crippen LogP contribution in [0.3, 0.4) is 0 Å². The fourth-order valence-corrected chi connectivity index (χ4v) is 7.73. The highest BCUT2D eigenvalue weighted by molar-refractivity contribution is 6.04. The van der Waals surface area contributed by atoms with Crippen molar-refractivity contribution < 1.29 is 24.5 Å². The summed E-state index contributed by atoms with van der Waals surface area (Å²) in [4.78, 5) is 26.1. The monoisotopic (exact) mass is 464 g/mol. The minimum absolute atomic E-state index is 0.0887. The number of Topliss-reactive ketones (excluding diaryl/α,β-unsaturated/α-hetero) is 1. The molecule has 182 valence electrons. The summed E-state index contributed by atoms with van der Waals surface area (Å²) < 4.78 is 6.30. The van der Waals surface area contributed by atoms with E-state index in [1.807, 2.05) is 44.2 Å². The van der Waals surface area contributed by atoms with Crippen molar-refractivity contribution in [3.05, 3.63) is 59.2 Å². The van der Waals surface area contributed by atoms with Crippen LogP contribution in [0.25, 0.3) is 0 Å². The summed E-state index contributed by atoms with van der Waals surface area (Å²) in [6.45, 7) is 9.95. The van der Waals surface area contributed by atoms with E-state index in [2.05, 4.69) is 19.9 Å². The van der Waals surface area contributed by atoms with Gasteiger partial charge in [0.15, 0.2) is 5.78 Å². The molecule has 0 aliphatic heterocycles. The van der Waals surface area contributed by atoms with Gasteiger partial charge in [0, 0.05) is 29.6 Å². The highest BCUT2D eigenvalue weighted by atomic mass is 16.6. The third-order valence-corrected chi connectivity index (χ3v) is 9.61. The molecule has 5 rings (SSSR count). The smallest absolute Gasteiger partial charge is 0.310 e. The molecule has 0 bridgehead atoms. The molecule has 1 aromatic rings. The molecule has 7 atom stereocenters. The van der Waals surface area contributed by atoms with Crippen molar-refractivity contribution >= 4 is 11.8 Å². The number of fused-ring (bicyclic) bond motifs is 5. The average Bonchev–Trinajstić information content (AvgIpc) is 3.18. The van der Waals surface area contributed by atoms with Gasteiger partial charge in [-0.25, -0.2) is 0 Å². The van der Waals surface area contributed by atoms with Gasteiger partial charge in [0.2, 0.25) is 0 Å². The molecule has 0 heterocycles. The number of carbonyl (C=O) groups is 2. The Morgan fingerprint density at radius 3 is 2.47 bits per heavy atom. The molecular formula is C29H36O5. The Bertz CT molecular complexity index is 1100. The summed E-state index contributed by atoms with van der Waals surface area (Å²) in [6.07, 6.45) is 5.53. The molecule has 34 heavy (non-hydrogen) atoms. The molecule has 2 fully saturated rings. The molecule has 2 saturated carbocycles. The molecule has 1 aromatic carbocycles. The van der Waals surface area contributed by atoms with Crippen molar-refractivity contribution in [2.45, 2.75) is 77.1 Å². The van der Waals surface area contributed by atoms with E-state index < -0.39 is 22.7 Å². The Morgan fingerprint density at radius 2 is 1.82 bits per heavy atom. The van der Waals surface area contributed by atoms with Crippen LogP contribution in [0.15, 0.2) is 53.6 Å². The van der Waals surface area contributed by atoms with E-state index in [4.69, 9.17) is 4.74 Å². The first kappa shape index (κ1) is 23.5. The fourth-order valence-electron chi connectivity index (χ4n) is 7.73. The van der Waals surface area contributed by atoms with E-state index in [9.17, 15) is 19.8 Å². The molecule has 5 nitrogen and oxygen atoms in total. The van der Waals surface area contributed by atoms with E-state index in [0.29, 0.717) is 18.4 Å². The number of aliphatic hydroxyl groups is 2. The lowest BCUT2D eigenvalue weighted by Crippen LogP contribution is -2.61. The molecule has 4 aliphatic carbocycles. The SMILES string of the molecule is CCC1=C[C@H]2[C@@H]3C(C)(C)[C@]3(OC(=O)Cc3ccccc3)C[C@@H](C)[C@]2(O)[C@@H]2C=C(C)C(=O)[C@@]2(O)C1. The minimum Gasteiger partial charge on any atom is -0.458 e. The van der Waals surface area contributed by atoms with Gasteiger partial charge in [0.05, 0.1) is 12.0 Å². The first-order valence-electron chi connectivity index (χ1n) is 12.5. The topological polar surface area (TPSA) is 83.8 Å². The second-order valence-electron chi connectivity index (χ2n) is 11.7. The van der Waals surface area contributed by atoms with Gasteiger partial charge in [-0.05, 0) is 36.8 Å². The predicted octanol–water partition coefficient (Wildman–Crippen LogP) is 4.17. The van der Waals surface area contributed by atoms with Crippen LogP contribution in [0, 0.1) is 29.1 Å². The van der Waals surface area contributed by atoms with Crippen LogP contribution in [-0.4, -0.2) is 38.8 Å². The van der Waals surface area contributed by atoms with Crippen LogP contribution in [-0.2, 0) is 20.7 Å². The van der Waals surface area contributed by atoms with E-state index in [1.165, 1.54) is 0 Å². The largest absolute Gasteiger partial charge is 0.458 e. The van der Waals surface area contributed by atoms with Gasteiger partial charge in [-0.15, -0.1) is 0 Å². The summed E-state index contributed by atoms with van der Waals surface area (Å²) in [7, 11) is 0. The van der Waals surface area contributed by atoms with Gasteiger partial charge in [0.25, 0.3) is 0 Å². The van der Waals surface area contributed by atoms with Crippen molar-refractivity contribution in [2.75, 3.05) is 0 Å². The van der Waals surface area contributed by atoms with Gasteiger partial charge in [0.1, 0.15) is 11.2 Å². The number of rotatable bonds is 4. The maximum Gasteiger partial charge on any atom is 0.310 e.